The average Bonchev–Trinajstić information content (AvgIpc) is 2.70. The van der Waals surface area contributed by atoms with Gasteiger partial charge in [0.2, 0.25) is 5.88 Å². The first-order valence-electron chi connectivity index (χ1n) is 9.66. The van der Waals surface area contributed by atoms with Gasteiger partial charge in [0, 0.05) is 43.6 Å². The molecule has 1 fully saturated rings. The Bertz CT molecular complexity index is 835. The van der Waals surface area contributed by atoms with Crippen molar-refractivity contribution in [3.05, 3.63) is 41.6 Å². The fraction of sp³-hybridized carbons (Fsp3) is 0.429. The van der Waals surface area contributed by atoms with Crippen molar-refractivity contribution in [1.82, 2.24) is 9.88 Å². The van der Waals surface area contributed by atoms with Gasteiger partial charge in [0.05, 0.1) is 7.11 Å². The second-order valence-electron chi connectivity index (χ2n) is 6.98. The van der Waals surface area contributed by atoms with Gasteiger partial charge in [-0.3, -0.25) is 0 Å². The van der Waals surface area contributed by atoms with E-state index in [0.717, 1.165) is 61.7 Å². The smallest absolute Gasteiger partial charge is 0.237 e. The molecule has 1 aliphatic heterocycles. The van der Waals surface area contributed by atoms with E-state index in [4.69, 9.17) is 17.0 Å². The Balaban J connectivity index is 1.64. The molecule has 0 amide bonds. The number of aromatic hydroxyl groups is 1. The zero-order valence-electron chi connectivity index (χ0n) is 16.7. The minimum Gasteiger partial charge on any atom is -0.508 e. The van der Waals surface area contributed by atoms with Gasteiger partial charge < -0.3 is 25.0 Å². The molecule has 0 radical (unpaired) electrons. The summed E-state index contributed by atoms with van der Waals surface area (Å²) in [6.45, 7) is 7.52. The van der Waals surface area contributed by atoms with Crippen molar-refractivity contribution >= 4 is 28.7 Å². The second kappa shape index (κ2) is 9.10. The number of ether oxygens (including phenoxy) is 1. The van der Waals surface area contributed by atoms with E-state index in [9.17, 15) is 5.11 Å². The number of benzene rings is 1. The third-order valence-electron chi connectivity index (χ3n) is 4.97. The van der Waals surface area contributed by atoms with Gasteiger partial charge in [0.15, 0.2) is 5.11 Å². The van der Waals surface area contributed by atoms with E-state index in [1.54, 1.807) is 19.2 Å². The van der Waals surface area contributed by atoms with Gasteiger partial charge in [-0.05, 0) is 49.3 Å². The Kier molecular flexibility index (Phi) is 6.57. The van der Waals surface area contributed by atoms with E-state index in [2.05, 4.69) is 40.0 Å². The summed E-state index contributed by atoms with van der Waals surface area (Å²) in [4.78, 5) is 9.05. The molecule has 28 heavy (non-hydrogen) atoms. The maximum Gasteiger partial charge on any atom is 0.237 e. The summed E-state index contributed by atoms with van der Waals surface area (Å²) in [6.07, 6.45) is 1.98. The molecule has 0 aliphatic carbocycles. The molecule has 1 aromatic carbocycles. The summed E-state index contributed by atoms with van der Waals surface area (Å²) < 4.78 is 5.48. The van der Waals surface area contributed by atoms with Crippen LogP contribution in [0.25, 0.3) is 0 Å². The molecule has 0 spiro atoms. The summed E-state index contributed by atoms with van der Waals surface area (Å²) >= 11 is 5.64. The minimum atomic E-state index is 0.290. The number of aromatic nitrogens is 1. The number of rotatable bonds is 5. The lowest BCUT2D eigenvalue weighted by Gasteiger charge is -2.37. The van der Waals surface area contributed by atoms with Crippen LogP contribution in [0.3, 0.4) is 0 Å². The maximum atomic E-state index is 9.69. The Hall–Kier alpha value is -2.54. The highest BCUT2D eigenvalue weighted by Crippen LogP contribution is 2.26. The largest absolute Gasteiger partial charge is 0.508 e. The van der Waals surface area contributed by atoms with Crippen LogP contribution in [-0.4, -0.2) is 53.4 Å². The first-order valence-corrected chi connectivity index (χ1v) is 10.1. The Morgan fingerprint density at radius 2 is 2.00 bits per heavy atom. The quantitative estimate of drug-likeness (QED) is 0.744. The van der Waals surface area contributed by atoms with Crippen LogP contribution in [0.2, 0.25) is 0 Å². The monoisotopic (exact) mass is 400 g/mol. The van der Waals surface area contributed by atoms with Gasteiger partial charge in [-0.25, -0.2) is 4.98 Å². The number of pyridine rings is 1. The number of phenols is 1. The highest BCUT2D eigenvalue weighted by atomic mass is 32.1. The normalized spacial score (nSPS) is 14.1. The van der Waals surface area contributed by atoms with Crippen LogP contribution in [0.5, 0.6) is 11.6 Å². The Morgan fingerprint density at radius 1 is 1.25 bits per heavy atom. The van der Waals surface area contributed by atoms with Gasteiger partial charge in [0.1, 0.15) is 11.4 Å². The van der Waals surface area contributed by atoms with Crippen molar-refractivity contribution in [3.8, 4) is 11.6 Å². The molecule has 7 heteroatoms. The van der Waals surface area contributed by atoms with Gasteiger partial charge in [-0.1, -0.05) is 19.4 Å². The first-order chi connectivity index (χ1) is 13.5. The molecule has 2 N–H and O–H groups in total. The predicted octanol–water partition coefficient (Wildman–Crippen LogP) is 3.58. The average molecular weight is 401 g/mol. The number of nitrogens with zero attached hydrogens (tertiary/aromatic N) is 3. The number of phenolic OH excluding ortho intramolecular Hbond substituents is 1. The van der Waals surface area contributed by atoms with Gasteiger partial charge in [-0.2, -0.15) is 0 Å². The molecule has 1 saturated heterocycles. The lowest BCUT2D eigenvalue weighted by molar-refractivity contribution is 0.388. The SMILES string of the molecule is CCCc1nc(OC)c(NC(=S)N2CCN(c3cccc(O)c3)CC2)cc1C. The third kappa shape index (κ3) is 4.65. The molecule has 0 saturated carbocycles. The number of methoxy groups -OCH3 is 1. The number of hydrogen-bond acceptors (Lipinski definition) is 5. The Morgan fingerprint density at radius 3 is 2.64 bits per heavy atom. The van der Waals surface area contributed by atoms with Crippen LogP contribution in [0.4, 0.5) is 11.4 Å². The molecular weight excluding hydrogens is 372 g/mol. The van der Waals surface area contributed by atoms with E-state index in [0.29, 0.717) is 16.7 Å². The molecule has 2 heterocycles. The Labute approximate surface area is 172 Å². The molecule has 1 aromatic heterocycles. The number of nitrogens with one attached hydrogen (secondary N) is 1. The summed E-state index contributed by atoms with van der Waals surface area (Å²) in [5.41, 5.74) is 4.05. The van der Waals surface area contributed by atoms with E-state index in [1.165, 1.54) is 0 Å². The molecule has 0 unspecified atom stereocenters. The van der Waals surface area contributed by atoms with Crippen molar-refractivity contribution < 1.29 is 9.84 Å². The van der Waals surface area contributed by atoms with E-state index >= 15 is 0 Å². The first kappa shape index (κ1) is 20.2. The lowest BCUT2D eigenvalue weighted by Crippen LogP contribution is -2.50. The fourth-order valence-electron chi connectivity index (χ4n) is 3.42. The van der Waals surface area contributed by atoms with Crippen molar-refractivity contribution in [2.75, 3.05) is 43.5 Å². The van der Waals surface area contributed by atoms with Crippen molar-refractivity contribution in [1.29, 1.82) is 0 Å². The fourth-order valence-corrected chi connectivity index (χ4v) is 3.71. The van der Waals surface area contributed by atoms with Gasteiger partial charge in [-0.15, -0.1) is 0 Å². The van der Waals surface area contributed by atoms with Gasteiger partial charge in [0.25, 0.3) is 0 Å². The van der Waals surface area contributed by atoms with Crippen molar-refractivity contribution in [2.45, 2.75) is 26.7 Å². The van der Waals surface area contributed by atoms with Crippen molar-refractivity contribution in [3.63, 3.8) is 0 Å². The highest BCUT2D eigenvalue weighted by Gasteiger charge is 2.21. The standard InChI is InChI=1S/C21H28N4O2S/c1-4-6-18-15(2)13-19(20(22-18)27-3)23-21(28)25-11-9-24(10-12-25)16-7-5-8-17(26)14-16/h5,7-8,13-14,26H,4,6,9-12H2,1-3H3,(H,23,28). The van der Waals surface area contributed by atoms with Crippen LogP contribution in [0.1, 0.15) is 24.6 Å². The summed E-state index contributed by atoms with van der Waals surface area (Å²) in [7, 11) is 1.63. The molecule has 150 valence electrons. The number of anilines is 2. The summed E-state index contributed by atoms with van der Waals surface area (Å²) in [5, 5.41) is 13.7. The zero-order chi connectivity index (χ0) is 20.1. The number of piperazine rings is 1. The topological polar surface area (TPSA) is 60.9 Å². The van der Waals surface area contributed by atoms with E-state index in [1.807, 2.05) is 12.1 Å². The molecule has 2 aromatic rings. The third-order valence-corrected chi connectivity index (χ3v) is 5.33. The molecule has 1 aliphatic rings. The van der Waals surface area contributed by atoms with E-state index in [-0.39, 0.29) is 0 Å². The summed E-state index contributed by atoms with van der Waals surface area (Å²) in [6, 6.07) is 9.43. The molecular formula is C21H28N4O2S. The molecule has 0 atom stereocenters. The number of hydrogen-bond donors (Lipinski definition) is 2. The van der Waals surface area contributed by atoms with Crippen LogP contribution in [-0.2, 0) is 6.42 Å². The minimum absolute atomic E-state index is 0.290. The van der Waals surface area contributed by atoms with Crippen LogP contribution in [0, 0.1) is 6.92 Å². The highest BCUT2D eigenvalue weighted by molar-refractivity contribution is 7.80. The molecule has 6 nitrogen and oxygen atoms in total. The predicted molar refractivity (Wildman–Crippen MR) is 118 cm³/mol. The van der Waals surface area contributed by atoms with Crippen LogP contribution < -0.4 is 15.0 Å². The summed E-state index contributed by atoms with van der Waals surface area (Å²) in [5.74, 6) is 0.869. The molecule has 0 bridgehead atoms. The van der Waals surface area contributed by atoms with Gasteiger partial charge >= 0.3 is 0 Å². The number of thiocarbonyl (C=S) groups is 1. The van der Waals surface area contributed by atoms with Crippen molar-refractivity contribution in [2.24, 2.45) is 0 Å². The van der Waals surface area contributed by atoms with Crippen LogP contribution in [0.15, 0.2) is 30.3 Å². The second-order valence-corrected chi connectivity index (χ2v) is 7.37. The maximum absolute atomic E-state index is 9.69. The zero-order valence-corrected chi connectivity index (χ0v) is 17.6. The van der Waals surface area contributed by atoms with Crippen LogP contribution >= 0.6 is 12.2 Å². The number of aryl methyl sites for hydroxylation is 2. The van der Waals surface area contributed by atoms with E-state index < -0.39 is 0 Å². The molecule has 3 rings (SSSR count). The lowest BCUT2D eigenvalue weighted by atomic mass is 10.1.